The van der Waals surface area contributed by atoms with Gasteiger partial charge in [0.25, 0.3) is 5.91 Å². The molecule has 3 heterocycles. The first kappa shape index (κ1) is 16.7. The van der Waals surface area contributed by atoms with Crippen LogP contribution in [-0.4, -0.2) is 62.8 Å². The molecule has 2 saturated heterocycles. The van der Waals surface area contributed by atoms with Gasteiger partial charge in [0.1, 0.15) is 17.5 Å². The summed E-state index contributed by atoms with van der Waals surface area (Å²) in [5, 5.41) is 2.82. The molecular weight excluding hydrogens is 522 g/mol. The van der Waals surface area contributed by atoms with Crippen molar-refractivity contribution in [2.24, 2.45) is 10.9 Å². The van der Waals surface area contributed by atoms with Crippen LogP contribution in [-0.2, 0) is 24.1 Å². The van der Waals surface area contributed by atoms with E-state index in [2.05, 4.69) is 10.3 Å². The molecule has 0 bridgehead atoms. The topological polar surface area (TPSA) is 57.2 Å². The lowest BCUT2D eigenvalue weighted by molar-refractivity contribution is 0.0664. The van der Waals surface area contributed by atoms with Crippen molar-refractivity contribution in [1.82, 2.24) is 10.2 Å². The number of anilines is 1. The van der Waals surface area contributed by atoms with Crippen LogP contribution in [0.5, 0.6) is 0 Å². The van der Waals surface area contributed by atoms with E-state index in [4.69, 9.17) is 21.2 Å². The molecular formula is C33H36F2N4O2. The third-order valence-corrected chi connectivity index (χ3v) is 7.33. The highest BCUT2D eigenvalue weighted by Gasteiger charge is 2.24. The van der Waals surface area contributed by atoms with Crippen molar-refractivity contribution in [3.63, 3.8) is 0 Å². The number of hydrogen-bond donors (Lipinski definition) is 1. The van der Waals surface area contributed by atoms with E-state index in [0.29, 0.717) is 48.3 Å². The number of nitrogens with zero attached hydrogens (tertiary/aromatic N) is 3. The number of benzene rings is 3. The van der Waals surface area contributed by atoms with Gasteiger partial charge in [-0.3, -0.25) is 9.79 Å². The number of hydrogen-bond acceptors (Lipinski definition) is 5. The van der Waals surface area contributed by atoms with Crippen LogP contribution in [0.15, 0.2) is 59.6 Å². The van der Waals surface area contributed by atoms with Crippen LogP contribution in [0, 0.1) is 17.6 Å². The summed E-state index contributed by atoms with van der Waals surface area (Å²) in [6, 6.07) is 10.4. The van der Waals surface area contributed by atoms with E-state index in [9.17, 15) is 13.6 Å². The predicted octanol–water partition coefficient (Wildman–Crippen LogP) is 4.97. The molecule has 41 heavy (non-hydrogen) atoms. The molecule has 0 atom stereocenters. The molecule has 0 radical (unpaired) electrons. The molecule has 3 aliphatic rings. The van der Waals surface area contributed by atoms with Gasteiger partial charge in [0.2, 0.25) is 0 Å². The van der Waals surface area contributed by atoms with E-state index >= 15 is 0 Å². The number of nitrogens with one attached hydrogen (secondary N) is 1. The lowest BCUT2D eigenvalue weighted by Gasteiger charge is -2.34. The number of amides is 1. The summed E-state index contributed by atoms with van der Waals surface area (Å²) in [4.78, 5) is 18.3. The summed E-state index contributed by atoms with van der Waals surface area (Å²) in [7, 11) is 0. The molecule has 1 N–H and O–H groups in total. The van der Waals surface area contributed by atoms with E-state index in [1.54, 1.807) is 18.2 Å². The second-order valence-electron chi connectivity index (χ2n) is 10.2. The minimum absolute atomic E-state index is 0.00439. The number of amidine groups is 1. The van der Waals surface area contributed by atoms with Crippen LogP contribution in [0.2, 0.25) is 0 Å². The zero-order valence-corrected chi connectivity index (χ0v) is 22.1. The molecule has 3 aromatic rings. The van der Waals surface area contributed by atoms with E-state index in [1.807, 2.05) is 0 Å². The highest BCUT2D eigenvalue weighted by molar-refractivity contribution is 6.14. The Balaban J connectivity index is 1.34. The SMILES string of the molecule is [2H]c1c(F)cc(Cc2ccc3c(c2)C(NC(=O)c2ccc(N4C([2H])([2H])C([2H])([2H])N(C([2H])([2H])[2H])C([2H])([2H])C4([2H])[2H])cc2CC2CCOCC2)=NC3)cc1F. The first-order valence-electron chi connectivity index (χ1n) is 19.3. The second kappa shape index (κ2) is 12.1. The van der Waals surface area contributed by atoms with Crippen molar-refractivity contribution in [1.29, 1.82) is 0 Å². The van der Waals surface area contributed by atoms with E-state index < -0.39 is 56.5 Å². The van der Waals surface area contributed by atoms with Crippen molar-refractivity contribution in [3.8, 4) is 0 Å². The lowest BCUT2D eigenvalue weighted by Crippen LogP contribution is -2.44. The van der Waals surface area contributed by atoms with Crippen molar-refractivity contribution in [2.75, 3.05) is 51.1 Å². The van der Waals surface area contributed by atoms with Gasteiger partial charge in [0.15, 0.2) is 0 Å². The smallest absolute Gasteiger partial charge is 0.257 e. The number of piperazine rings is 1. The molecule has 2 fully saturated rings. The Bertz CT molecular complexity index is 1920. The Morgan fingerprint density at radius 3 is 2.61 bits per heavy atom. The minimum Gasteiger partial charge on any atom is -0.381 e. The van der Waals surface area contributed by atoms with Gasteiger partial charge in [-0.2, -0.15) is 0 Å². The highest BCUT2D eigenvalue weighted by atomic mass is 19.1. The fourth-order valence-corrected chi connectivity index (χ4v) is 5.27. The monoisotopic (exact) mass is 570 g/mol. The molecule has 6 nitrogen and oxygen atoms in total. The molecule has 0 aromatic heterocycles. The average Bonchev–Trinajstić information content (AvgIpc) is 3.44. The van der Waals surface area contributed by atoms with Gasteiger partial charge < -0.3 is 19.9 Å². The van der Waals surface area contributed by atoms with Crippen molar-refractivity contribution in [2.45, 2.75) is 32.2 Å². The predicted molar refractivity (Wildman–Crippen MR) is 157 cm³/mol. The third-order valence-electron chi connectivity index (χ3n) is 7.33. The molecule has 3 aromatic carbocycles. The largest absolute Gasteiger partial charge is 0.381 e. The number of carbonyl (C=O) groups is 1. The third kappa shape index (κ3) is 6.49. The summed E-state index contributed by atoms with van der Waals surface area (Å²) >= 11 is 0. The standard InChI is InChI=1S/C33H36F2N4O2/c1-38-8-10-39(11-9-38)29-4-5-30(26(19-29)15-22-6-12-41-13-7-22)33(40)37-32-31-18-23(2-3-25(31)21-36-32)14-24-16-27(34)20-28(35)17-24/h2-5,16-20,22H,6-15,21H2,1H3,(H,36,37,40)/i1D3,8D2,9D2,10D2,11D2,20D. The lowest BCUT2D eigenvalue weighted by atomic mass is 9.89. The van der Waals surface area contributed by atoms with Gasteiger partial charge in [0, 0.05) is 71.7 Å². The van der Waals surface area contributed by atoms with Crippen LogP contribution >= 0.6 is 0 Å². The van der Waals surface area contributed by atoms with Gasteiger partial charge in [-0.25, -0.2) is 8.78 Å². The highest BCUT2D eigenvalue weighted by Crippen LogP contribution is 2.28. The maximum Gasteiger partial charge on any atom is 0.257 e. The molecule has 0 aliphatic carbocycles. The molecule has 214 valence electrons. The van der Waals surface area contributed by atoms with E-state index in [1.165, 1.54) is 12.1 Å². The fourth-order valence-electron chi connectivity index (χ4n) is 5.27. The number of halogens is 2. The minimum atomic E-state index is -3.56. The number of aliphatic imine (C=N–C) groups is 1. The van der Waals surface area contributed by atoms with Crippen molar-refractivity contribution >= 4 is 17.4 Å². The number of rotatable bonds is 6. The maximum atomic E-state index is 14.0. The Labute approximate surface area is 256 Å². The van der Waals surface area contributed by atoms with Crippen LogP contribution in [0.3, 0.4) is 0 Å². The second-order valence-corrected chi connectivity index (χ2v) is 10.2. The Morgan fingerprint density at radius 1 is 1.07 bits per heavy atom. The summed E-state index contributed by atoms with van der Waals surface area (Å²) in [6.45, 7) is -16.4. The van der Waals surface area contributed by atoms with Crippen molar-refractivity contribution in [3.05, 3.63) is 99.6 Å². The normalized spacial score (nSPS) is 27.4. The van der Waals surface area contributed by atoms with Gasteiger partial charge in [-0.05, 0) is 97.2 Å². The number of ether oxygens (including phenoxy) is 1. The summed E-state index contributed by atoms with van der Waals surface area (Å²) in [5.74, 6) is -2.37. The molecule has 6 rings (SSSR count). The molecule has 0 spiro atoms. The number of fused-ring (bicyclic) bond motifs is 1. The fraction of sp³-hybridized carbons (Fsp3) is 0.394. The molecule has 8 heteroatoms. The van der Waals surface area contributed by atoms with Gasteiger partial charge in [-0.15, -0.1) is 0 Å². The van der Waals surface area contributed by atoms with E-state index in [-0.39, 0.29) is 52.2 Å². The zero-order chi connectivity index (χ0) is 38.9. The molecule has 0 unspecified atom stereocenters. The summed E-state index contributed by atoms with van der Waals surface area (Å²) < 4.78 is 133. The maximum absolute atomic E-state index is 14.0. The molecule has 3 aliphatic heterocycles. The first-order chi connectivity index (χ1) is 24.6. The Morgan fingerprint density at radius 2 is 1.85 bits per heavy atom. The number of carbonyl (C=O) groups excluding carboxylic acids is 1. The summed E-state index contributed by atoms with van der Waals surface area (Å²) in [5.41, 5.74) is 2.46. The molecule has 1 amide bonds. The van der Waals surface area contributed by atoms with Crippen LogP contribution < -0.4 is 10.2 Å². The summed E-state index contributed by atoms with van der Waals surface area (Å²) in [6.07, 6.45) is 1.63. The van der Waals surface area contributed by atoms with Crippen LogP contribution in [0.1, 0.15) is 67.5 Å². The zero-order valence-electron chi connectivity index (χ0n) is 34.1. The first-order valence-corrected chi connectivity index (χ1v) is 13.3. The van der Waals surface area contributed by atoms with Gasteiger partial charge in [-0.1, -0.05) is 12.1 Å². The van der Waals surface area contributed by atoms with Crippen LogP contribution in [0.4, 0.5) is 14.5 Å². The van der Waals surface area contributed by atoms with Crippen molar-refractivity contribution < 1.29 is 34.8 Å². The quantitative estimate of drug-likeness (QED) is 0.455. The Kier molecular flexibility index (Phi) is 4.93. The number of likely N-dealkylation sites (N-methyl/N-ethyl adjacent to an activating group) is 1. The molecule has 0 saturated carbocycles. The van der Waals surface area contributed by atoms with Crippen LogP contribution in [0.25, 0.3) is 0 Å². The average molecular weight is 571 g/mol. The van der Waals surface area contributed by atoms with Gasteiger partial charge >= 0.3 is 0 Å². The van der Waals surface area contributed by atoms with Gasteiger partial charge in [0.05, 0.1) is 13.4 Å². The Hall–Kier alpha value is -3.62. The van der Waals surface area contributed by atoms with E-state index in [0.717, 1.165) is 23.8 Å².